The molecule has 0 spiro atoms. The molecule has 0 aliphatic rings. The largest absolute Gasteiger partial charge is 0.465 e. The lowest BCUT2D eigenvalue weighted by atomic mass is 10.1. The van der Waals surface area contributed by atoms with Gasteiger partial charge < -0.3 is 9.47 Å². The van der Waals surface area contributed by atoms with Crippen LogP contribution >= 0.6 is 0 Å². The summed E-state index contributed by atoms with van der Waals surface area (Å²) >= 11 is 0. The number of esters is 1. The second-order valence-corrected chi connectivity index (χ2v) is 4.28. The minimum atomic E-state index is -0.380. The summed E-state index contributed by atoms with van der Waals surface area (Å²) in [7, 11) is 2.88. The van der Waals surface area contributed by atoms with Crippen LogP contribution in [0.25, 0.3) is 0 Å². The second kappa shape index (κ2) is 6.63. The Balaban J connectivity index is 2.20. The van der Waals surface area contributed by atoms with Crippen LogP contribution in [-0.4, -0.2) is 35.2 Å². The topological polar surface area (TPSA) is 90.0 Å². The zero-order valence-corrected chi connectivity index (χ0v) is 11.7. The van der Waals surface area contributed by atoms with Gasteiger partial charge in [-0.3, -0.25) is 0 Å². The van der Waals surface area contributed by atoms with Crippen LogP contribution in [0.3, 0.4) is 0 Å². The highest BCUT2D eigenvalue weighted by Crippen LogP contribution is 2.11. The predicted octanol–water partition coefficient (Wildman–Crippen LogP) is 1.13. The van der Waals surface area contributed by atoms with Gasteiger partial charge in [0.1, 0.15) is 11.8 Å². The van der Waals surface area contributed by atoms with Gasteiger partial charge in [0, 0.05) is 7.11 Å². The van der Waals surface area contributed by atoms with Gasteiger partial charge in [-0.05, 0) is 17.7 Å². The first kappa shape index (κ1) is 14.7. The molecule has 2 rings (SSSR count). The number of benzene rings is 1. The van der Waals surface area contributed by atoms with E-state index in [1.807, 2.05) is 6.07 Å². The first-order chi connectivity index (χ1) is 10.2. The second-order valence-electron chi connectivity index (χ2n) is 4.28. The third-order valence-electron chi connectivity index (χ3n) is 2.93. The van der Waals surface area contributed by atoms with Gasteiger partial charge in [0.2, 0.25) is 0 Å². The minimum Gasteiger partial charge on any atom is -0.465 e. The molecule has 0 bridgehead atoms. The van der Waals surface area contributed by atoms with E-state index in [9.17, 15) is 4.79 Å². The number of hydrogen-bond donors (Lipinski definition) is 0. The Hall–Kier alpha value is -2.72. The van der Waals surface area contributed by atoms with Crippen LogP contribution in [0.5, 0.6) is 0 Å². The van der Waals surface area contributed by atoms with Gasteiger partial charge in [-0.25, -0.2) is 9.48 Å². The summed E-state index contributed by atoms with van der Waals surface area (Å²) < 4.78 is 11.3. The highest BCUT2D eigenvalue weighted by atomic mass is 16.5. The minimum absolute atomic E-state index is 0.253. The summed E-state index contributed by atoms with van der Waals surface area (Å²) in [5.41, 5.74) is 2.28. The normalized spacial score (nSPS) is 10.1. The Bertz CT molecular complexity index is 671. The summed E-state index contributed by atoms with van der Waals surface area (Å²) in [6.45, 7) is 0.699. The zero-order valence-electron chi connectivity index (χ0n) is 11.7. The Kier molecular flexibility index (Phi) is 4.64. The van der Waals surface area contributed by atoms with Gasteiger partial charge >= 0.3 is 5.97 Å². The van der Waals surface area contributed by atoms with Crippen molar-refractivity contribution in [3.63, 3.8) is 0 Å². The lowest BCUT2D eigenvalue weighted by Crippen LogP contribution is -2.08. The van der Waals surface area contributed by atoms with Crippen molar-refractivity contribution in [3.05, 3.63) is 46.8 Å². The van der Waals surface area contributed by atoms with Crippen LogP contribution in [0.1, 0.15) is 27.3 Å². The number of rotatable bonds is 5. The van der Waals surface area contributed by atoms with Crippen LogP contribution in [-0.2, 0) is 22.6 Å². The van der Waals surface area contributed by atoms with Gasteiger partial charge in [0.05, 0.1) is 25.8 Å². The Morgan fingerprint density at radius 1 is 1.33 bits per heavy atom. The van der Waals surface area contributed by atoms with Crippen LogP contribution in [0, 0.1) is 11.3 Å². The van der Waals surface area contributed by atoms with Crippen LogP contribution in [0.4, 0.5) is 0 Å². The molecule has 1 aromatic carbocycles. The molecule has 0 aliphatic heterocycles. The van der Waals surface area contributed by atoms with E-state index in [-0.39, 0.29) is 18.3 Å². The van der Waals surface area contributed by atoms with Crippen molar-refractivity contribution in [1.29, 1.82) is 5.26 Å². The molecule has 0 saturated heterocycles. The summed E-state index contributed by atoms with van der Waals surface area (Å²) in [6, 6.07) is 8.95. The van der Waals surface area contributed by atoms with Gasteiger partial charge in [-0.1, -0.05) is 17.3 Å². The molecule has 0 radical (unpaired) electrons. The highest BCUT2D eigenvalue weighted by Gasteiger charge is 2.13. The fourth-order valence-corrected chi connectivity index (χ4v) is 1.86. The maximum Gasteiger partial charge on any atom is 0.337 e. The first-order valence-corrected chi connectivity index (χ1v) is 6.18. The van der Waals surface area contributed by atoms with Crippen LogP contribution < -0.4 is 0 Å². The van der Waals surface area contributed by atoms with Crippen molar-refractivity contribution >= 4 is 5.97 Å². The maximum atomic E-state index is 11.4. The van der Waals surface area contributed by atoms with Crippen LogP contribution in [0.15, 0.2) is 24.3 Å². The average Bonchev–Trinajstić information content (AvgIpc) is 2.90. The number of nitriles is 1. The van der Waals surface area contributed by atoms with Gasteiger partial charge in [-0.2, -0.15) is 5.26 Å². The molecule has 0 N–H and O–H groups in total. The molecule has 1 heterocycles. The predicted molar refractivity (Wildman–Crippen MR) is 72.3 cm³/mol. The van der Waals surface area contributed by atoms with Crippen LogP contribution in [0.2, 0.25) is 0 Å². The van der Waals surface area contributed by atoms with E-state index in [1.165, 1.54) is 7.11 Å². The van der Waals surface area contributed by atoms with Crippen molar-refractivity contribution in [2.45, 2.75) is 13.2 Å². The van der Waals surface area contributed by atoms with Crippen molar-refractivity contribution in [2.75, 3.05) is 14.2 Å². The summed E-state index contributed by atoms with van der Waals surface area (Å²) in [5.74, 6) is -0.380. The molecule has 0 fully saturated rings. The Labute approximate surface area is 121 Å². The molecule has 7 nitrogen and oxygen atoms in total. The fourth-order valence-electron chi connectivity index (χ4n) is 1.86. The number of carbonyl (C=O) groups is 1. The van der Waals surface area contributed by atoms with E-state index in [4.69, 9.17) is 10.00 Å². The standard InChI is InChI=1S/C14H14N4O3/c1-20-9-13-12(7-15)16-17-18(13)8-10-3-5-11(6-4-10)14(19)21-2/h3-6H,8-9H2,1-2H3. The Morgan fingerprint density at radius 2 is 2.05 bits per heavy atom. The van der Waals surface area contributed by atoms with E-state index in [0.717, 1.165) is 5.56 Å². The SMILES string of the molecule is COCc1c(C#N)nnn1Cc1ccc(C(=O)OC)cc1. The molecular formula is C14H14N4O3. The molecule has 1 aromatic heterocycles. The molecule has 0 amide bonds. The van der Waals surface area contributed by atoms with E-state index < -0.39 is 0 Å². The van der Waals surface area contributed by atoms with Gasteiger partial charge in [-0.15, -0.1) is 5.10 Å². The third-order valence-corrected chi connectivity index (χ3v) is 2.93. The van der Waals surface area contributed by atoms with E-state index >= 15 is 0 Å². The van der Waals surface area contributed by atoms with E-state index in [1.54, 1.807) is 36.1 Å². The smallest absolute Gasteiger partial charge is 0.337 e. The first-order valence-electron chi connectivity index (χ1n) is 6.18. The number of nitrogens with zero attached hydrogens (tertiary/aromatic N) is 4. The summed E-state index contributed by atoms with van der Waals surface area (Å²) in [5, 5.41) is 16.7. The molecule has 0 unspecified atom stereocenters. The molecular weight excluding hydrogens is 272 g/mol. The molecule has 7 heteroatoms. The third kappa shape index (κ3) is 3.24. The van der Waals surface area contributed by atoms with E-state index in [0.29, 0.717) is 17.8 Å². The number of aromatic nitrogens is 3. The quantitative estimate of drug-likeness (QED) is 0.765. The summed E-state index contributed by atoms with van der Waals surface area (Å²) in [6.07, 6.45) is 0. The molecule has 0 atom stereocenters. The molecule has 21 heavy (non-hydrogen) atoms. The highest BCUT2D eigenvalue weighted by molar-refractivity contribution is 5.89. The number of ether oxygens (including phenoxy) is 2. The molecule has 2 aromatic rings. The molecule has 108 valence electrons. The lowest BCUT2D eigenvalue weighted by Gasteiger charge is -2.06. The lowest BCUT2D eigenvalue weighted by molar-refractivity contribution is 0.0600. The average molecular weight is 286 g/mol. The van der Waals surface area contributed by atoms with Gasteiger partial charge in [0.15, 0.2) is 5.69 Å². The van der Waals surface area contributed by atoms with Gasteiger partial charge in [0.25, 0.3) is 0 Å². The molecule has 0 saturated carbocycles. The zero-order chi connectivity index (χ0) is 15.2. The van der Waals surface area contributed by atoms with Crippen molar-refractivity contribution in [1.82, 2.24) is 15.0 Å². The van der Waals surface area contributed by atoms with Crippen molar-refractivity contribution < 1.29 is 14.3 Å². The number of methoxy groups -OCH3 is 2. The van der Waals surface area contributed by atoms with E-state index in [2.05, 4.69) is 15.0 Å². The number of carbonyl (C=O) groups excluding carboxylic acids is 1. The fraction of sp³-hybridized carbons (Fsp3) is 0.286. The summed E-state index contributed by atoms with van der Waals surface area (Å²) in [4.78, 5) is 11.4. The number of hydrogen-bond acceptors (Lipinski definition) is 6. The maximum absolute atomic E-state index is 11.4. The van der Waals surface area contributed by atoms with Crippen molar-refractivity contribution in [3.8, 4) is 6.07 Å². The Morgan fingerprint density at radius 3 is 2.62 bits per heavy atom. The molecule has 0 aliphatic carbocycles. The monoisotopic (exact) mass is 286 g/mol. The van der Waals surface area contributed by atoms with Crippen molar-refractivity contribution in [2.24, 2.45) is 0 Å².